The minimum Gasteiger partial charge on any atom is -0.465 e. The number of halogens is 1. The van der Waals surface area contributed by atoms with E-state index in [1.807, 2.05) is 0 Å². The molecule has 2 N–H and O–H groups in total. The molecule has 4 fully saturated rings. The fourth-order valence-electron chi connectivity index (χ4n) is 6.01. The van der Waals surface area contributed by atoms with E-state index in [1.54, 1.807) is 0 Å². The van der Waals surface area contributed by atoms with Gasteiger partial charge in [-0.2, -0.15) is 0 Å². The molecule has 25 heavy (non-hydrogen) atoms. The molecule has 0 aromatic carbocycles. The summed E-state index contributed by atoms with van der Waals surface area (Å²) >= 11 is 0. The normalized spacial score (nSPS) is 44.3. The van der Waals surface area contributed by atoms with Crippen molar-refractivity contribution >= 4 is 12.0 Å². The maximum Gasteiger partial charge on any atom is 0.407 e. The van der Waals surface area contributed by atoms with Gasteiger partial charge in [-0.05, 0) is 37.1 Å². The number of rotatable bonds is 2. The van der Waals surface area contributed by atoms with Crippen LogP contribution in [0.15, 0.2) is 0 Å². The molecule has 0 aromatic heterocycles. The van der Waals surface area contributed by atoms with Gasteiger partial charge in [0.1, 0.15) is 6.17 Å². The lowest BCUT2D eigenvalue weighted by Crippen LogP contribution is -2.64. The Balaban J connectivity index is 1.41. The van der Waals surface area contributed by atoms with E-state index in [2.05, 4.69) is 17.1 Å². The Morgan fingerprint density at radius 2 is 2.12 bits per heavy atom. The van der Waals surface area contributed by atoms with Crippen LogP contribution in [0.5, 0.6) is 0 Å². The third-order valence-electron chi connectivity index (χ3n) is 7.54. The third-order valence-corrected chi connectivity index (χ3v) is 7.54. The molecule has 5 unspecified atom stereocenters. The molecule has 4 aliphatic rings. The van der Waals surface area contributed by atoms with Gasteiger partial charge < -0.3 is 15.3 Å². The summed E-state index contributed by atoms with van der Waals surface area (Å²) in [5.74, 6) is 0.422. The predicted molar refractivity (Wildman–Crippen MR) is 90.0 cm³/mol. The van der Waals surface area contributed by atoms with Crippen molar-refractivity contribution in [1.29, 1.82) is 0 Å². The number of hydrogen-bond acceptors (Lipinski definition) is 3. The fourth-order valence-corrected chi connectivity index (χ4v) is 6.01. The Kier molecular flexibility index (Phi) is 3.98. The van der Waals surface area contributed by atoms with Gasteiger partial charge in [-0.25, -0.2) is 9.18 Å². The number of likely N-dealkylation sites (tertiary alicyclic amines) is 2. The maximum atomic E-state index is 14.9. The minimum absolute atomic E-state index is 0.0233. The Bertz CT molecular complexity index is 588. The van der Waals surface area contributed by atoms with Crippen LogP contribution in [0.3, 0.4) is 0 Å². The molecular weight excluding hydrogens is 325 g/mol. The Morgan fingerprint density at radius 1 is 1.36 bits per heavy atom. The van der Waals surface area contributed by atoms with Crippen LogP contribution >= 0.6 is 0 Å². The fraction of sp³-hybridized carbons (Fsp3) is 0.889. The van der Waals surface area contributed by atoms with E-state index in [9.17, 15) is 19.1 Å². The van der Waals surface area contributed by atoms with Crippen molar-refractivity contribution in [1.82, 2.24) is 15.1 Å². The first-order chi connectivity index (χ1) is 11.9. The molecule has 3 saturated heterocycles. The van der Waals surface area contributed by atoms with Crippen LogP contribution in [0.25, 0.3) is 0 Å². The van der Waals surface area contributed by atoms with Gasteiger partial charge in [0.05, 0.1) is 0 Å². The summed E-state index contributed by atoms with van der Waals surface area (Å²) in [7, 11) is 0. The third kappa shape index (κ3) is 2.54. The monoisotopic (exact) mass is 353 g/mol. The molecule has 1 aliphatic carbocycles. The Labute approximate surface area is 147 Å². The number of piperidine rings is 1. The second-order valence-corrected chi connectivity index (χ2v) is 8.63. The summed E-state index contributed by atoms with van der Waals surface area (Å²) in [4.78, 5) is 26.6. The smallest absolute Gasteiger partial charge is 0.407 e. The summed E-state index contributed by atoms with van der Waals surface area (Å²) in [6, 6.07) is 0.361. The van der Waals surface area contributed by atoms with Crippen LogP contribution in [0.2, 0.25) is 0 Å². The van der Waals surface area contributed by atoms with Crippen molar-refractivity contribution in [2.24, 2.45) is 16.7 Å². The number of alkyl halides is 1. The zero-order valence-electron chi connectivity index (χ0n) is 14.8. The van der Waals surface area contributed by atoms with Crippen molar-refractivity contribution in [3.63, 3.8) is 0 Å². The van der Waals surface area contributed by atoms with Crippen LogP contribution in [-0.2, 0) is 4.79 Å². The lowest BCUT2D eigenvalue weighted by Gasteiger charge is -2.59. The summed E-state index contributed by atoms with van der Waals surface area (Å²) in [6.45, 7) is 5.15. The van der Waals surface area contributed by atoms with Gasteiger partial charge in [-0.1, -0.05) is 13.3 Å². The molecule has 3 heterocycles. The standard InChI is InChI=1S/C18H28FN3O3/c1-2-12-13(7-18(12)4-6-22(11-18)16(24)25)21-5-3-17(14(19)9-21)8-15(23)20-10-17/h12-14H,2-11H2,1H3,(H,20,23)(H,24,25). The zero-order valence-corrected chi connectivity index (χ0v) is 14.8. The Morgan fingerprint density at radius 3 is 2.68 bits per heavy atom. The van der Waals surface area contributed by atoms with Gasteiger partial charge in [0, 0.05) is 44.1 Å². The summed E-state index contributed by atoms with van der Waals surface area (Å²) in [5, 5.41) is 12.0. The van der Waals surface area contributed by atoms with Gasteiger partial charge >= 0.3 is 6.09 Å². The van der Waals surface area contributed by atoms with Crippen LogP contribution < -0.4 is 5.32 Å². The number of carboxylic acid groups (broad SMARTS) is 1. The van der Waals surface area contributed by atoms with E-state index in [4.69, 9.17) is 0 Å². The molecule has 2 amide bonds. The molecule has 5 atom stereocenters. The van der Waals surface area contributed by atoms with E-state index in [-0.39, 0.29) is 11.3 Å². The number of carbonyl (C=O) groups excluding carboxylic acids is 1. The Hall–Kier alpha value is -1.37. The van der Waals surface area contributed by atoms with E-state index >= 15 is 0 Å². The average Bonchev–Trinajstić information content (AvgIpc) is 3.15. The number of amides is 2. The van der Waals surface area contributed by atoms with Gasteiger partial charge in [-0.15, -0.1) is 0 Å². The van der Waals surface area contributed by atoms with Crippen molar-refractivity contribution in [2.45, 2.75) is 51.2 Å². The average molecular weight is 353 g/mol. The predicted octanol–water partition coefficient (Wildman–Crippen LogP) is 1.71. The lowest BCUT2D eigenvalue weighted by molar-refractivity contribution is -0.122. The van der Waals surface area contributed by atoms with Crippen LogP contribution in [0, 0.1) is 16.7 Å². The molecule has 0 bridgehead atoms. The van der Waals surface area contributed by atoms with Crippen molar-refractivity contribution in [3.8, 4) is 0 Å². The zero-order chi connectivity index (χ0) is 17.8. The van der Waals surface area contributed by atoms with Crippen LogP contribution in [0.1, 0.15) is 39.0 Å². The maximum absolute atomic E-state index is 14.9. The van der Waals surface area contributed by atoms with Gasteiger partial charge in [0.2, 0.25) is 5.91 Å². The van der Waals surface area contributed by atoms with Crippen molar-refractivity contribution in [3.05, 3.63) is 0 Å². The minimum atomic E-state index is -0.964. The largest absolute Gasteiger partial charge is 0.465 e. The second-order valence-electron chi connectivity index (χ2n) is 8.63. The first-order valence-corrected chi connectivity index (χ1v) is 9.52. The van der Waals surface area contributed by atoms with Gasteiger partial charge in [-0.3, -0.25) is 9.69 Å². The molecular formula is C18H28FN3O3. The summed E-state index contributed by atoms with van der Waals surface area (Å²) in [5.41, 5.74) is -0.395. The quantitative estimate of drug-likeness (QED) is 0.793. The number of nitrogens with one attached hydrogen (secondary N) is 1. The number of carbonyl (C=O) groups is 2. The highest BCUT2D eigenvalue weighted by molar-refractivity contribution is 5.79. The van der Waals surface area contributed by atoms with Crippen molar-refractivity contribution < 1.29 is 19.1 Å². The molecule has 0 aromatic rings. The SMILES string of the molecule is CCC1C(N2CCC3(CNC(=O)C3)C(F)C2)CC12CCN(C(=O)O)C2. The first kappa shape index (κ1) is 17.1. The van der Waals surface area contributed by atoms with E-state index < -0.39 is 17.7 Å². The molecule has 2 spiro atoms. The molecule has 0 radical (unpaired) electrons. The number of nitrogens with zero attached hydrogens (tertiary/aromatic N) is 2. The molecule has 4 rings (SSSR count). The van der Waals surface area contributed by atoms with E-state index in [0.717, 1.165) is 32.2 Å². The van der Waals surface area contributed by atoms with Crippen LogP contribution in [0.4, 0.5) is 9.18 Å². The molecule has 6 nitrogen and oxygen atoms in total. The van der Waals surface area contributed by atoms with Gasteiger partial charge in [0.25, 0.3) is 0 Å². The van der Waals surface area contributed by atoms with E-state index in [1.165, 1.54) is 4.90 Å². The number of hydrogen-bond donors (Lipinski definition) is 2. The topological polar surface area (TPSA) is 72.9 Å². The van der Waals surface area contributed by atoms with Gasteiger partial charge in [0.15, 0.2) is 0 Å². The highest BCUT2D eigenvalue weighted by Gasteiger charge is 2.59. The van der Waals surface area contributed by atoms with Crippen LogP contribution in [-0.4, -0.2) is 71.8 Å². The molecule has 1 saturated carbocycles. The summed E-state index contributed by atoms with van der Waals surface area (Å²) in [6.07, 6.45) is 2.19. The highest BCUT2D eigenvalue weighted by Crippen LogP contribution is 2.57. The van der Waals surface area contributed by atoms with E-state index in [0.29, 0.717) is 44.6 Å². The summed E-state index contributed by atoms with van der Waals surface area (Å²) < 4.78 is 14.9. The van der Waals surface area contributed by atoms with Crippen molar-refractivity contribution in [2.75, 3.05) is 32.7 Å². The molecule has 7 heteroatoms. The first-order valence-electron chi connectivity index (χ1n) is 9.52. The molecule has 3 aliphatic heterocycles. The lowest BCUT2D eigenvalue weighted by atomic mass is 9.54. The highest BCUT2D eigenvalue weighted by atomic mass is 19.1. The second kappa shape index (κ2) is 5.83. The molecule has 140 valence electrons.